The number of nitriles is 1. The highest BCUT2D eigenvalue weighted by Gasteiger charge is 2.30. The summed E-state index contributed by atoms with van der Waals surface area (Å²) in [6, 6.07) is 2.40. The first-order valence-corrected chi connectivity index (χ1v) is 5.75. The lowest BCUT2D eigenvalue weighted by Crippen LogP contribution is -2.48. The van der Waals surface area contributed by atoms with Gasteiger partial charge < -0.3 is 4.90 Å². The fourth-order valence-electron chi connectivity index (χ4n) is 2.10. The van der Waals surface area contributed by atoms with Crippen molar-refractivity contribution in [1.82, 2.24) is 19.7 Å². The van der Waals surface area contributed by atoms with Gasteiger partial charge in [-0.1, -0.05) is 0 Å². The van der Waals surface area contributed by atoms with Crippen molar-refractivity contribution in [3.63, 3.8) is 0 Å². The molecule has 0 aromatic carbocycles. The third kappa shape index (κ3) is 1.70. The fourth-order valence-corrected chi connectivity index (χ4v) is 2.10. The molecule has 18 heavy (non-hydrogen) atoms. The molecule has 0 aliphatic carbocycles. The topological polar surface area (TPSA) is 70.6 Å². The molecule has 2 aromatic rings. The van der Waals surface area contributed by atoms with Crippen molar-refractivity contribution in [3.05, 3.63) is 36.0 Å². The number of rotatable bonds is 2. The molecule has 0 amide bonds. The van der Waals surface area contributed by atoms with Crippen LogP contribution >= 0.6 is 0 Å². The lowest BCUT2D eigenvalue weighted by molar-refractivity contribution is 0.365. The largest absolute Gasteiger partial charge is 0.351 e. The number of aromatic nitrogens is 4. The summed E-state index contributed by atoms with van der Waals surface area (Å²) in [5.74, 6) is 0.932. The highest BCUT2D eigenvalue weighted by Crippen LogP contribution is 2.27. The van der Waals surface area contributed by atoms with Crippen LogP contribution in [0.25, 0.3) is 0 Å². The highest BCUT2D eigenvalue weighted by atomic mass is 15.4. The van der Waals surface area contributed by atoms with Gasteiger partial charge in [0, 0.05) is 31.7 Å². The minimum Gasteiger partial charge on any atom is -0.351 e. The zero-order valence-corrected chi connectivity index (χ0v) is 9.98. The normalized spacial score (nSPS) is 15.2. The van der Waals surface area contributed by atoms with Crippen LogP contribution in [0.1, 0.15) is 17.3 Å². The Hall–Kier alpha value is -2.42. The molecule has 6 heteroatoms. The maximum Gasteiger partial charge on any atom is 0.150 e. The Balaban J connectivity index is 1.71. The van der Waals surface area contributed by atoms with Crippen LogP contribution in [-0.4, -0.2) is 32.8 Å². The van der Waals surface area contributed by atoms with Gasteiger partial charge in [-0.25, -0.2) is 4.98 Å². The van der Waals surface area contributed by atoms with Crippen LogP contribution in [0.15, 0.2) is 24.8 Å². The fraction of sp³-hybridized carbons (Fsp3) is 0.333. The molecule has 0 saturated carbocycles. The van der Waals surface area contributed by atoms with E-state index in [4.69, 9.17) is 5.26 Å². The molecule has 0 spiro atoms. The average molecular weight is 240 g/mol. The van der Waals surface area contributed by atoms with E-state index >= 15 is 0 Å². The number of nitrogens with zero attached hydrogens (tertiary/aromatic N) is 6. The average Bonchev–Trinajstić information content (AvgIpc) is 2.78. The van der Waals surface area contributed by atoms with Gasteiger partial charge in [0.15, 0.2) is 0 Å². The lowest BCUT2D eigenvalue weighted by atomic mass is 10.1. The molecule has 0 N–H and O–H groups in total. The van der Waals surface area contributed by atoms with Gasteiger partial charge in [-0.3, -0.25) is 9.67 Å². The van der Waals surface area contributed by atoms with Gasteiger partial charge in [-0.15, -0.1) is 0 Å². The van der Waals surface area contributed by atoms with E-state index in [1.54, 1.807) is 24.8 Å². The number of hydrogen-bond donors (Lipinski definition) is 0. The van der Waals surface area contributed by atoms with E-state index in [9.17, 15) is 0 Å². The van der Waals surface area contributed by atoms with Crippen LogP contribution in [0.2, 0.25) is 0 Å². The summed E-state index contributed by atoms with van der Waals surface area (Å²) in [4.78, 5) is 10.7. The Bertz CT molecular complexity index is 605. The second-order valence-corrected chi connectivity index (χ2v) is 4.34. The van der Waals surface area contributed by atoms with Crippen molar-refractivity contribution >= 4 is 5.82 Å². The molecule has 3 heterocycles. The Morgan fingerprint density at radius 2 is 2.11 bits per heavy atom. The van der Waals surface area contributed by atoms with Gasteiger partial charge in [0.1, 0.15) is 11.9 Å². The summed E-state index contributed by atoms with van der Waals surface area (Å²) in [5.41, 5.74) is 1.54. The van der Waals surface area contributed by atoms with Crippen molar-refractivity contribution in [2.45, 2.75) is 13.0 Å². The molecule has 6 nitrogen and oxygen atoms in total. The van der Waals surface area contributed by atoms with E-state index in [0.717, 1.165) is 24.6 Å². The van der Waals surface area contributed by atoms with Gasteiger partial charge in [-0.05, 0) is 6.92 Å². The van der Waals surface area contributed by atoms with Crippen molar-refractivity contribution in [2.75, 3.05) is 18.0 Å². The molecule has 0 bridgehead atoms. The summed E-state index contributed by atoms with van der Waals surface area (Å²) in [6.07, 6.45) is 6.78. The minimum atomic E-state index is 0.313. The second kappa shape index (κ2) is 4.11. The lowest BCUT2D eigenvalue weighted by Gasteiger charge is -2.40. The van der Waals surface area contributed by atoms with Crippen molar-refractivity contribution in [1.29, 1.82) is 5.26 Å². The molecule has 0 radical (unpaired) electrons. The van der Waals surface area contributed by atoms with E-state index in [1.807, 2.05) is 11.6 Å². The molecule has 0 atom stereocenters. The van der Waals surface area contributed by atoms with E-state index in [-0.39, 0.29) is 0 Å². The predicted octanol–water partition coefficient (Wildman–Crippen LogP) is 0.914. The van der Waals surface area contributed by atoms with E-state index < -0.39 is 0 Å². The standard InChI is InChI=1S/C12H12N6/c1-9-12(15-3-2-14-9)17-7-11(8-17)18-6-10(4-13)5-16-18/h2-3,5-6,11H,7-8H2,1H3. The quantitative estimate of drug-likeness (QED) is 0.780. The van der Waals surface area contributed by atoms with Crippen molar-refractivity contribution in [3.8, 4) is 6.07 Å². The van der Waals surface area contributed by atoms with Gasteiger partial charge in [-0.2, -0.15) is 10.4 Å². The molecule has 0 unspecified atom stereocenters. The summed E-state index contributed by atoms with van der Waals surface area (Å²) in [5, 5.41) is 12.9. The molecular weight excluding hydrogens is 228 g/mol. The van der Waals surface area contributed by atoms with Gasteiger partial charge in [0.2, 0.25) is 0 Å². The SMILES string of the molecule is Cc1nccnc1N1CC(n2cc(C#N)cn2)C1. The zero-order chi connectivity index (χ0) is 12.5. The van der Waals surface area contributed by atoms with Crippen LogP contribution in [0, 0.1) is 18.3 Å². The van der Waals surface area contributed by atoms with Crippen molar-refractivity contribution in [2.24, 2.45) is 0 Å². The maximum absolute atomic E-state index is 8.76. The number of anilines is 1. The van der Waals surface area contributed by atoms with Gasteiger partial charge in [0.25, 0.3) is 0 Å². The predicted molar refractivity (Wildman–Crippen MR) is 65.0 cm³/mol. The van der Waals surface area contributed by atoms with E-state index in [0.29, 0.717) is 11.6 Å². The first-order chi connectivity index (χ1) is 8.78. The third-order valence-corrected chi connectivity index (χ3v) is 3.12. The zero-order valence-electron chi connectivity index (χ0n) is 9.98. The second-order valence-electron chi connectivity index (χ2n) is 4.34. The Morgan fingerprint density at radius 3 is 2.78 bits per heavy atom. The third-order valence-electron chi connectivity index (χ3n) is 3.12. The summed E-state index contributed by atoms with van der Waals surface area (Å²) < 4.78 is 1.85. The Labute approximate surface area is 105 Å². The summed E-state index contributed by atoms with van der Waals surface area (Å²) >= 11 is 0. The van der Waals surface area contributed by atoms with Crippen LogP contribution in [-0.2, 0) is 0 Å². The van der Waals surface area contributed by atoms with Crippen LogP contribution in [0.4, 0.5) is 5.82 Å². The first kappa shape index (κ1) is 10.7. The summed E-state index contributed by atoms with van der Waals surface area (Å²) in [6.45, 7) is 3.66. The van der Waals surface area contributed by atoms with Crippen LogP contribution < -0.4 is 4.90 Å². The monoisotopic (exact) mass is 240 g/mol. The first-order valence-electron chi connectivity index (χ1n) is 5.75. The maximum atomic E-state index is 8.76. The van der Waals surface area contributed by atoms with E-state index in [1.165, 1.54) is 0 Å². The molecule has 2 aromatic heterocycles. The van der Waals surface area contributed by atoms with E-state index in [2.05, 4.69) is 26.0 Å². The molecule has 1 fully saturated rings. The smallest absolute Gasteiger partial charge is 0.150 e. The minimum absolute atomic E-state index is 0.313. The Kier molecular flexibility index (Phi) is 2.45. The summed E-state index contributed by atoms with van der Waals surface area (Å²) in [7, 11) is 0. The molecular formula is C12H12N6. The van der Waals surface area contributed by atoms with Crippen LogP contribution in [0.3, 0.4) is 0 Å². The molecule has 3 rings (SSSR count). The van der Waals surface area contributed by atoms with Gasteiger partial charge >= 0.3 is 0 Å². The van der Waals surface area contributed by atoms with Crippen LogP contribution in [0.5, 0.6) is 0 Å². The van der Waals surface area contributed by atoms with Gasteiger partial charge in [0.05, 0.1) is 23.5 Å². The molecule has 90 valence electrons. The number of aryl methyl sites for hydroxylation is 1. The molecule has 1 aliphatic heterocycles. The Morgan fingerprint density at radius 1 is 1.33 bits per heavy atom. The molecule has 1 aliphatic rings. The molecule has 1 saturated heterocycles. The van der Waals surface area contributed by atoms with Crippen molar-refractivity contribution < 1.29 is 0 Å². The highest BCUT2D eigenvalue weighted by molar-refractivity contribution is 5.45. The number of hydrogen-bond acceptors (Lipinski definition) is 5.